The van der Waals surface area contributed by atoms with Crippen molar-refractivity contribution in [3.05, 3.63) is 141 Å². The number of halogens is 2. The Hall–Kier alpha value is -4.14. The Labute approximate surface area is 238 Å². The summed E-state index contributed by atoms with van der Waals surface area (Å²) in [4.78, 5) is 0. The van der Waals surface area contributed by atoms with Crippen LogP contribution in [0.15, 0.2) is 78.9 Å². The summed E-state index contributed by atoms with van der Waals surface area (Å²) in [7, 11) is 0. The number of aryl methyl sites for hydroxylation is 3. The maximum absolute atomic E-state index is 14.3. The van der Waals surface area contributed by atoms with E-state index in [2.05, 4.69) is 37.5 Å². The molecular weight excluding hydrogens is 494 g/mol. The number of benzene rings is 4. The van der Waals surface area contributed by atoms with Gasteiger partial charge in [-0.05, 0) is 106 Å². The molecule has 2 aliphatic rings. The molecule has 0 spiro atoms. The van der Waals surface area contributed by atoms with E-state index in [-0.39, 0.29) is 19.1 Å². The predicted octanol–water partition coefficient (Wildman–Crippen LogP) is 9.77. The zero-order chi connectivity index (χ0) is 27.4. The summed E-state index contributed by atoms with van der Waals surface area (Å²) in [5.74, 6) is 13.1. The minimum atomic E-state index is -0.113. The molecule has 0 bridgehead atoms. The smallest absolute Gasteiger partial charge is 0.130 e. The van der Waals surface area contributed by atoms with Gasteiger partial charge in [0.2, 0.25) is 0 Å². The van der Waals surface area contributed by atoms with Crippen LogP contribution in [0.1, 0.15) is 95.0 Å². The Morgan fingerprint density at radius 2 is 1.02 bits per heavy atom. The van der Waals surface area contributed by atoms with Crippen molar-refractivity contribution in [3.63, 3.8) is 0 Å². The molecule has 202 valence electrons. The Morgan fingerprint density at radius 1 is 0.550 bits per heavy atom. The SMILES string of the molecule is C.Cc1ccc(C#Cc2ccc(C)c(F)c2C2CC2)cc1.Cc1ccc(C#Cc2cccc(F)c2C2CC2)cc1. The fourth-order valence-corrected chi connectivity index (χ4v) is 4.57. The van der Waals surface area contributed by atoms with Gasteiger partial charge < -0.3 is 0 Å². The lowest BCUT2D eigenvalue weighted by atomic mass is 9.99. The molecule has 0 aliphatic heterocycles. The molecule has 2 aliphatic carbocycles. The average molecular weight is 531 g/mol. The second kappa shape index (κ2) is 12.8. The molecular formula is C38H36F2. The minimum Gasteiger partial charge on any atom is -0.207 e. The van der Waals surface area contributed by atoms with Gasteiger partial charge in [0.25, 0.3) is 0 Å². The van der Waals surface area contributed by atoms with Gasteiger partial charge in [0.1, 0.15) is 11.6 Å². The van der Waals surface area contributed by atoms with E-state index in [0.717, 1.165) is 59.1 Å². The summed E-state index contributed by atoms with van der Waals surface area (Å²) in [5, 5.41) is 0. The third-order valence-electron chi connectivity index (χ3n) is 7.18. The summed E-state index contributed by atoms with van der Waals surface area (Å²) in [6.07, 6.45) is 4.33. The standard InChI is InChI=1S/C19H17F.C18H15F.CH4/c1-13-3-6-15(7-4-13)8-10-16-9-5-14(2)19(20)18(16)17-11-12-17;1-13-5-7-14(8-6-13)9-10-15-3-2-4-17(19)18(15)16-11-12-16;/h3-7,9,17H,11-12H2,1-2H3;2-8,16H,11-12H2,1H3;1H4. The van der Waals surface area contributed by atoms with Crippen LogP contribution in [-0.2, 0) is 0 Å². The third kappa shape index (κ3) is 7.28. The first kappa shape index (κ1) is 28.9. The number of hydrogen-bond donors (Lipinski definition) is 0. The molecule has 0 saturated heterocycles. The molecule has 0 unspecified atom stereocenters. The van der Waals surface area contributed by atoms with Crippen molar-refractivity contribution in [3.8, 4) is 23.7 Å². The molecule has 0 radical (unpaired) electrons. The van der Waals surface area contributed by atoms with Gasteiger partial charge in [0.15, 0.2) is 0 Å². The van der Waals surface area contributed by atoms with Crippen LogP contribution in [0.3, 0.4) is 0 Å². The van der Waals surface area contributed by atoms with E-state index < -0.39 is 0 Å². The van der Waals surface area contributed by atoms with Gasteiger partial charge in [0, 0.05) is 33.4 Å². The lowest BCUT2D eigenvalue weighted by Gasteiger charge is -2.07. The van der Waals surface area contributed by atoms with Crippen LogP contribution >= 0.6 is 0 Å². The predicted molar refractivity (Wildman–Crippen MR) is 163 cm³/mol. The second-order valence-corrected chi connectivity index (χ2v) is 10.6. The van der Waals surface area contributed by atoms with Gasteiger partial charge >= 0.3 is 0 Å². The quantitative estimate of drug-likeness (QED) is 0.226. The fourth-order valence-electron chi connectivity index (χ4n) is 4.57. The van der Waals surface area contributed by atoms with Crippen LogP contribution in [-0.4, -0.2) is 0 Å². The first-order chi connectivity index (χ1) is 18.9. The van der Waals surface area contributed by atoms with E-state index in [1.54, 1.807) is 6.07 Å². The molecule has 0 nitrogen and oxygen atoms in total. The molecule has 4 aromatic carbocycles. The van der Waals surface area contributed by atoms with E-state index in [4.69, 9.17) is 0 Å². The molecule has 0 amide bonds. The van der Waals surface area contributed by atoms with Crippen molar-refractivity contribution >= 4 is 0 Å². The van der Waals surface area contributed by atoms with E-state index in [1.807, 2.05) is 73.7 Å². The Bertz CT molecular complexity index is 1600. The molecule has 2 fully saturated rings. The van der Waals surface area contributed by atoms with E-state index in [0.29, 0.717) is 17.4 Å². The second-order valence-electron chi connectivity index (χ2n) is 10.6. The van der Waals surface area contributed by atoms with Crippen molar-refractivity contribution in [1.29, 1.82) is 0 Å². The van der Waals surface area contributed by atoms with Gasteiger partial charge in [-0.1, -0.05) is 78.6 Å². The van der Waals surface area contributed by atoms with Crippen molar-refractivity contribution in [1.82, 2.24) is 0 Å². The lowest BCUT2D eigenvalue weighted by molar-refractivity contribution is 0.601. The first-order valence-electron chi connectivity index (χ1n) is 13.6. The summed E-state index contributed by atoms with van der Waals surface area (Å²) in [5.41, 5.74) is 8.40. The highest BCUT2D eigenvalue weighted by Gasteiger charge is 2.29. The monoisotopic (exact) mass is 530 g/mol. The van der Waals surface area contributed by atoms with Gasteiger partial charge in [-0.2, -0.15) is 0 Å². The summed E-state index contributed by atoms with van der Waals surface area (Å²) >= 11 is 0. The van der Waals surface area contributed by atoms with Crippen LogP contribution in [0, 0.1) is 56.1 Å². The number of rotatable bonds is 2. The topological polar surface area (TPSA) is 0 Å². The normalized spacial score (nSPS) is 13.4. The van der Waals surface area contributed by atoms with Gasteiger partial charge in [0.05, 0.1) is 0 Å². The highest BCUT2D eigenvalue weighted by molar-refractivity contribution is 5.51. The van der Waals surface area contributed by atoms with Gasteiger partial charge in [-0.25, -0.2) is 8.78 Å². The average Bonchev–Trinajstić information content (AvgIpc) is 3.85. The van der Waals surface area contributed by atoms with Gasteiger partial charge in [-0.3, -0.25) is 0 Å². The largest absolute Gasteiger partial charge is 0.207 e. The zero-order valence-electron chi connectivity index (χ0n) is 22.7. The van der Waals surface area contributed by atoms with Crippen LogP contribution in [0.5, 0.6) is 0 Å². The number of hydrogen-bond acceptors (Lipinski definition) is 0. The molecule has 2 saturated carbocycles. The molecule has 40 heavy (non-hydrogen) atoms. The minimum absolute atomic E-state index is 0. The third-order valence-corrected chi connectivity index (χ3v) is 7.18. The van der Waals surface area contributed by atoms with Crippen LogP contribution in [0.4, 0.5) is 8.78 Å². The molecule has 0 atom stereocenters. The van der Waals surface area contributed by atoms with Crippen molar-refractivity contribution < 1.29 is 8.78 Å². The molecule has 2 heteroatoms. The Kier molecular flexibility index (Phi) is 9.24. The molecule has 4 aromatic rings. The molecule has 0 heterocycles. The van der Waals surface area contributed by atoms with E-state index >= 15 is 0 Å². The fraction of sp³-hybridized carbons (Fsp3) is 0.263. The Balaban J connectivity index is 0.000000181. The molecule has 6 rings (SSSR count). The summed E-state index contributed by atoms with van der Waals surface area (Å²) in [6, 6.07) is 25.1. The maximum Gasteiger partial charge on any atom is 0.130 e. The first-order valence-corrected chi connectivity index (χ1v) is 13.6. The lowest BCUT2D eigenvalue weighted by Crippen LogP contribution is -1.96. The maximum atomic E-state index is 14.3. The van der Waals surface area contributed by atoms with Crippen LogP contribution < -0.4 is 0 Å². The van der Waals surface area contributed by atoms with Crippen molar-refractivity contribution in [2.24, 2.45) is 0 Å². The van der Waals surface area contributed by atoms with Crippen LogP contribution in [0.25, 0.3) is 0 Å². The zero-order valence-corrected chi connectivity index (χ0v) is 22.7. The Morgan fingerprint density at radius 3 is 1.52 bits per heavy atom. The van der Waals surface area contributed by atoms with E-state index in [1.165, 1.54) is 17.2 Å². The molecule has 0 aromatic heterocycles. The van der Waals surface area contributed by atoms with E-state index in [9.17, 15) is 8.78 Å². The van der Waals surface area contributed by atoms with Crippen molar-refractivity contribution in [2.75, 3.05) is 0 Å². The van der Waals surface area contributed by atoms with Gasteiger partial charge in [-0.15, -0.1) is 0 Å². The van der Waals surface area contributed by atoms with Crippen LogP contribution in [0.2, 0.25) is 0 Å². The molecule has 0 N–H and O–H groups in total. The highest BCUT2D eigenvalue weighted by atomic mass is 19.1. The summed E-state index contributed by atoms with van der Waals surface area (Å²) < 4.78 is 28.1. The summed E-state index contributed by atoms with van der Waals surface area (Å²) in [6.45, 7) is 5.92. The van der Waals surface area contributed by atoms with Crippen molar-refractivity contribution in [2.45, 2.75) is 65.7 Å². The highest BCUT2D eigenvalue weighted by Crippen LogP contribution is 2.44.